The van der Waals surface area contributed by atoms with Gasteiger partial charge in [-0.3, -0.25) is 14.9 Å². The van der Waals surface area contributed by atoms with Crippen LogP contribution in [0.4, 0.5) is 11.4 Å². The highest BCUT2D eigenvalue weighted by Crippen LogP contribution is 2.26. The molecule has 0 aliphatic carbocycles. The number of nitro groups is 1. The SMILES string of the molecule is CCC(=O)N(C)c1cc([N+](=O)[O-])ccc1CC. The van der Waals surface area contributed by atoms with E-state index in [4.69, 9.17) is 0 Å². The first kappa shape index (κ1) is 13.2. The van der Waals surface area contributed by atoms with Gasteiger partial charge in [-0.05, 0) is 12.0 Å². The number of benzene rings is 1. The molecular weight excluding hydrogens is 220 g/mol. The van der Waals surface area contributed by atoms with Crippen LogP contribution in [-0.2, 0) is 11.2 Å². The summed E-state index contributed by atoms with van der Waals surface area (Å²) in [6, 6.07) is 4.62. The highest BCUT2D eigenvalue weighted by molar-refractivity contribution is 5.93. The first-order chi connectivity index (χ1) is 8.01. The summed E-state index contributed by atoms with van der Waals surface area (Å²) in [5.41, 5.74) is 1.56. The van der Waals surface area contributed by atoms with Crippen LogP contribution in [0.3, 0.4) is 0 Å². The van der Waals surface area contributed by atoms with E-state index in [9.17, 15) is 14.9 Å². The van der Waals surface area contributed by atoms with Crippen LogP contribution in [0.2, 0.25) is 0 Å². The predicted molar refractivity (Wildman–Crippen MR) is 66.2 cm³/mol. The Balaban J connectivity index is 3.22. The molecule has 0 aromatic heterocycles. The van der Waals surface area contributed by atoms with Gasteiger partial charge in [-0.1, -0.05) is 19.9 Å². The van der Waals surface area contributed by atoms with Crippen molar-refractivity contribution in [3.8, 4) is 0 Å². The summed E-state index contributed by atoms with van der Waals surface area (Å²) in [6.07, 6.45) is 1.11. The van der Waals surface area contributed by atoms with E-state index >= 15 is 0 Å². The van der Waals surface area contributed by atoms with Crippen LogP contribution in [-0.4, -0.2) is 17.9 Å². The van der Waals surface area contributed by atoms with Crippen molar-refractivity contribution in [3.63, 3.8) is 0 Å². The summed E-state index contributed by atoms with van der Waals surface area (Å²) in [6.45, 7) is 3.72. The topological polar surface area (TPSA) is 63.5 Å². The number of hydrogen-bond donors (Lipinski definition) is 0. The van der Waals surface area contributed by atoms with Gasteiger partial charge < -0.3 is 4.90 Å². The maximum Gasteiger partial charge on any atom is 0.271 e. The molecule has 0 aliphatic rings. The summed E-state index contributed by atoms with van der Waals surface area (Å²) in [5, 5.41) is 10.7. The summed E-state index contributed by atoms with van der Waals surface area (Å²) in [7, 11) is 1.64. The smallest absolute Gasteiger partial charge is 0.271 e. The van der Waals surface area contributed by atoms with E-state index in [2.05, 4.69) is 0 Å². The zero-order chi connectivity index (χ0) is 13.0. The fraction of sp³-hybridized carbons (Fsp3) is 0.417. The number of rotatable bonds is 4. The molecule has 0 heterocycles. The molecule has 1 aromatic rings. The van der Waals surface area contributed by atoms with Crippen molar-refractivity contribution in [1.82, 2.24) is 0 Å². The molecular formula is C12H16N2O3. The Kier molecular flexibility index (Phi) is 4.20. The zero-order valence-corrected chi connectivity index (χ0v) is 10.3. The molecule has 0 fully saturated rings. The van der Waals surface area contributed by atoms with Gasteiger partial charge in [0, 0.05) is 25.6 Å². The van der Waals surface area contributed by atoms with Gasteiger partial charge in [0.15, 0.2) is 0 Å². The molecule has 0 bridgehead atoms. The quantitative estimate of drug-likeness (QED) is 0.596. The van der Waals surface area contributed by atoms with Crippen LogP contribution in [0.5, 0.6) is 0 Å². The Bertz CT molecular complexity index is 443. The second kappa shape index (κ2) is 5.43. The third-order valence-electron chi connectivity index (χ3n) is 2.70. The van der Waals surface area contributed by atoms with Gasteiger partial charge in [-0.25, -0.2) is 0 Å². The largest absolute Gasteiger partial charge is 0.315 e. The third kappa shape index (κ3) is 2.81. The van der Waals surface area contributed by atoms with E-state index in [1.54, 1.807) is 20.0 Å². The van der Waals surface area contributed by atoms with Crippen LogP contribution < -0.4 is 4.90 Å². The Morgan fingerprint density at radius 3 is 2.53 bits per heavy atom. The number of non-ortho nitro benzene ring substituents is 1. The van der Waals surface area contributed by atoms with Crippen LogP contribution in [0.25, 0.3) is 0 Å². The van der Waals surface area contributed by atoms with E-state index in [0.29, 0.717) is 12.1 Å². The molecule has 1 rings (SSSR count). The Morgan fingerprint density at radius 2 is 2.06 bits per heavy atom. The number of nitro benzene ring substituents is 1. The van der Waals surface area contributed by atoms with Crippen molar-refractivity contribution in [2.75, 3.05) is 11.9 Å². The van der Waals surface area contributed by atoms with E-state index in [1.165, 1.54) is 17.0 Å². The molecule has 0 spiro atoms. The van der Waals surface area contributed by atoms with Gasteiger partial charge in [-0.2, -0.15) is 0 Å². The van der Waals surface area contributed by atoms with Crippen molar-refractivity contribution < 1.29 is 9.72 Å². The van der Waals surface area contributed by atoms with E-state index in [1.807, 2.05) is 6.92 Å². The molecule has 5 heteroatoms. The van der Waals surface area contributed by atoms with Gasteiger partial charge >= 0.3 is 0 Å². The lowest BCUT2D eigenvalue weighted by Gasteiger charge is -2.19. The second-order valence-electron chi connectivity index (χ2n) is 3.73. The fourth-order valence-corrected chi connectivity index (χ4v) is 1.65. The lowest BCUT2D eigenvalue weighted by molar-refractivity contribution is -0.384. The zero-order valence-electron chi connectivity index (χ0n) is 10.3. The van der Waals surface area contributed by atoms with Crippen LogP contribution >= 0.6 is 0 Å². The van der Waals surface area contributed by atoms with Gasteiger partial charge in [0.2, 0.25) is 5.91 Å². The van der Waals surface area contributed by atoms with Crippen molar-refractivity contribution in [1.29, 1.82) is 0 Å². The highest BCUT2D eigenvalue weighted by Gasteiger charge is 2.16. The molecule has 1 amide bonds. The van der Waals surface area contributed by atoms with Crippen molar-refractivity contribution in [2.24, 2.45) is 0 Å². The predicted octanol–water partition coefficient (Wildman–Crippen LogP) is 2.53. The molecule has 5 nitrogen and oxygen atoms in total. The minimum Gasteiger partial charge on any atom is -0.315 e. The number of nitrogens with zero attached hydrogens (tertiary/aromatic N) is 2. The number of hydrogen-bond acceptors (Lipinski definition) is 3. The number of carbonyl (C=O) groups is 1. The number of amides is 1. The van der Waals surface area contributed by atoms with E-state index in [-0.39, 0.29) is 11.6 Å². The Labute approximate surface area is 100 Å². The average molecular weight is 236 g/mol. The van der Waals surface area contributed by atoms with E-state index in [0.717, 1.165) is 12.0 Å². The standard InChI is InChI=1S/C12H16N2O3/c1-4-9-6-7-10(14(16)17)8-11(9)13(3)12(15)5-2/h6-8H,4-5H2,1-3H3. The summed E-state index contributed by atoms with van der Waals surface area (Å²) < 4.78 is 0. The van der Waals surface area contributed by atoms with Gasteiger partial charge in [0.05, 0.1) is 10.6 Å². The number of anilines is 1. The molecule has 0 N–H and O–H groups in total. The lowest BCUT2D eigenvalue weighted by Crippen LogP contribution is -2.26. The number of aryl methyl sites for hydroxylation is 1. The maximum atomic E-state index is 11.6. The molecule has 0 radical (unpaired) electrons. The van der Waals surface area contributed by atoms with Gasteiger partial charge in [0.1, 0.15) is 0 Å². The van der Waals surface area contributed by atoms with Gasteiger partial charge in [0.25, 0.3) is 5.69 Å². The minimum atomic E-state index is -0.451. The van der Waals surface area contributed by atoms with E-state index < -0.39 is 4.92 Å². The summed E-state index contributed by atoms with van der Waals surface area (Å²) in [4.78, 5) is 23.4. The monoisotopic (exact) mass is 236 g/mol. The summed E-state index contributed by atoms with van der Waals surface area (Å²) in [5.74, 6) is -0.0554. The molecule has 0 atom stereocenters. The first-order valence-electron chi connectivity index (χ1n) is 5.55. The normalized spacial score (nSPS) is 10.1. The van der Waals surface area contributed by atoms with Gasteiger partial charge in [-0.15, -0.1) is 0 Å². The van der Waals surface area contributed by atoms with Crippen molar-refractivity contribution in [2.45, 2.75) is 26.7 Å². The average Bonchev–Trinajstić information content (AvgIpc) is 2.35. The van der Waals surface area contributed by atoms with Crippen LogP contribution in [0, 0.1) is 10.1 Å². The third-order valence-corrected chi connectivity index (χ3v) is 2.70. The Morgan fingerprint density at radius 1 is 1.41 bits per heavy atom. The number of carbonyl (C=O) groups excluding carboxylic acids is 1. The summed E-state index contributed by atoms with van der Waals surface area (Å²) >= 11 is 0. The molecule has 0 saturated heterocycles. The highest BCUT2D eigenvalue weighted by atomic mass is 16.6. The lowest BCUT2D eigenvalue weighted by atomic mass is 10.1. The molecule has 0 unspecified atom stereocenters. The second-order valence-corrected chi connectivity index (χ2v) is 3.73. The van der Waals surface area contributed by atoms with Crippen LogP contribution in [0.15, 0.2) is 18.2 Å². The Hall–Kier alpha value is -1.91. The maximum absolute atomic E-state index is 11.6. The minimum absolute atomic E-state index is 0.00736. The molecule has 17 heavy (non-hydrogen) atoms. The van der Waals surface area contributed by atoms with Crippen molar-refractivity contribution in [3.05, 3.63) is 33.9 Å². The van der Waals surface area contributed by atoms with Crippen molar-refractivity contribution >= 4 is 17.3 Å². The molecule has 0 saturated carbocycles. The molecule has 1 aromatic carbocycles. The molecule has 0 aliphatic heterocycles. The van der Waals surface area contributed by atoms with Crippen LogP contribution in [0.1, 0.15) is 25.8 Å². The first-order valence-corrected chi connectivity index (χ1v) is 5.55. The molecule has 92 valence electrons. The fourth-order valence-electron chi connectivity index (χ4n) is 1.65.